The zero-order valence-corrected chi connectivity index (χ0v) is 17.0. The number of imidazole rings is 1. The molecule has 7 heteroatoms. The highest BCUT2D eigenvalue weighted by molar-refractivity contribution is 5.73. The van der Waals surface area contributed by atoms with Gasteiger partial charge >= 0.3 is 6.03 Å². The second-order valence-corrected chi connectivity index (χ2v) is 6.65. The van der Waals surface area contributed by atoms with Crippen LogP contribution in [0, 0.1) is 0 Å². The van der Waals surface area contributed by atoms with Crippen molar-refractivity contribution in [3.8, 4) is 11.5 Å². The molecule has 0 aliphatic carbocycles. The summed E-state index contributed by atoms with van der Waals surface area (Å²) in [5.74, 6) is 1.49. The van der Waals surface area contributed by atoms with Crippen LogP contribution in [-0.2, 0) is 12.8 Å². The number of hydrogen-bond donors (Lipinski definition) is 2. The van der Waals surface area contributed by atoms with E-state index >= 15 is 0 Å². The molecule has 0 bridgehead atoms. The zero-order valence-electron chi connectivity index (χ0n) is 17.0. The molecular formula is C22H28N4O3. The lowest BCUT2D eigenvalue weighted by atomic mass is 10.1. The van der Waals surface area contributed by atoms with E-state index in [1.807, 2.05) is 60.1 Å². The lowest BCUT2D eigenvalue weighted by molar-refractivity contribution is 0.241. The second-order valence-electron chi connectivity index (χ2n) is 6.65. The molecule has 2 heterocycles. The monoisotopic (exact) mass is 396 g/mol. The van der Waals surface area contributed by atoms with E-state index in [2.05, 4.69) is 15.6 Å². The number of aromatic nitrogens is 2. The fourth-order valence-corrected chi connectivity index (χ4v) is 3.11. The van der Waals surface area contributed by atoms with E-state index in [0.717, 1.165) is 41.2 Å². The third-order valence-electron chi connectivity index (χ3n) is 4.54. The maximum Gasteiger partial charge on any atom is 0.314 e. The van der Waals surface area contributed by atoms with Gasteiger partial charge in [0.15, 0.2) is 11.5 Å². The van der Waals surface area contributed by atoms with E-state index in [9.17, 15) is 4.79 Å². The van der Waals surface area contributed by atoms with E-state index in [0.29, 0.717) is 26.1 Å². The number of carbonyl (C=O) groups is 1. The van der Waals surface area contributed by atoms with Gasteiger partial charge < -0.3 is 24.5 Å². The summed E-state index contributed by atoms with van der Waals surface area (Å²) in [5, 5.41) is 5.78. The van der Waals surface area contributed by atoms with E-state index in [-0.39, 0.29) is 6.03 Å². The summed E-state index contributed by atoms with van der Waals surface area (Å²) >= 11 is 0. The fourth-order valence-electron chi connectivity index (χ4n) is 3.11. The Morgan fingerprint density at radius 2 is 1.97 bits per heavy atom. The van der Waals surface area contributed by atoms with Crippen molar-refractivity contribution >= 4 is 11.7 Å². The Labute approximate surface area is 171 Å². The molecule has 2 amide bonds. The summed E-state index contributed by atoms with van der Waals surface area (Å²) in [6, 6.07) is 11.7. The average molecular weight is 396 g/mol. The maximum atomic E-state index is 12.0. The van der Waals surface area contributed by atoms with Crippen LogP contribution in [0.3, 0.4) is 0 Å². The molecule has 7 nitrogen and oxygen atoms in total. The highest BCUT2D eigenvalue weighted by atomic mass is 16.5. The number of nitrogens with one attached hydrogen (secondary N) is 2. The Morgan fingerprint density at radius 3 is 2.76 bits per heavy atom. The lowest BCUT2D eigenvalue weighted by Gasteiger charge is -2.11. The van der Waals surface area contributed by atoms with Crippen LogP contribution in [0.4, 0.5) is 4.79 Å². The van der Waals surface area contributed by atoms with Crippen molar-refractivity contribution in [1.82, 2.24) is 20.0 Å². The van der Waals surface area contributed by atoms with Crippen LogP contribution in [-0.4, -0.2) is 42.2 Å². The number of amides is 2. The zero-order chi connectivity index (χ0) is 20.5. The fraction of sp³-hybridized carbons (Fsp3) is 0.364. The predicted octanol–water partition coefficient (Wildman–Crippen LogP) is 3.22. The first-order valence-corrected chi connectivity index (χ1v) is 9.93. The topological polar surface area (TPSA) is 76.9 Å². The molecular weight excluding hydrogens is 368 g/mol. The van der Waals surface area contributed by atoms with Crippen molar-refractivity contribution in [2.24, 2.45) is 0 Å². The van der Waals surface area contributed by atoms with Crippen LogP contribution in [0.1, 0.15) is 24.6 Å². The highest BCUT2D eigenvalue weighted by Gasteiger charge is 2.06. The summed E-state index contributed by atoms with van der Waals surface area (Å²) in [6.07, 6.45) is 6.34. The molecule has 0 saturated carbocycles. The molecule has 0 fully saturated rings. The number of aryl methyl sites for hydroxylation is 1. The van der Waals surface area contributed by atoms with Crippen molar-refractivity contribution in [3.63, 3.8) is 0 Å². The van der Waals surface area contributed by atoms with Gasteiger partial charge in [-0.15, -0.1) is 0 Å². The van der Waals surface area contributed by atoms with Gasteiger partial charge in [-0.05, 0) is 49.6 Å². The normalized spacial score (nSPS) is 10.7. The number of hydrogen-bond acceptors (Lipinski definition) is 4. The summed E-state index contributed by atoms with van der Waals surface area (Å²) in [5.41, 5.74) is 3.03. The molecule has 1 aromatic carbocycles. The van der Waals surface area contributed by atoms with Crippen molar-refractivity contribution < 1.29 is 14.3 Å². The molecule has 3 aromatic rings. The van der Waals surface area contributed by atoms with E-state index in [1.54, 1.807) is 7.11 Å². The number of fused-ring (bicyclic) bond motifs is 1. The van der Waals surface area contributed by atoms with Gasteiger partial charge in [-0.3, -0.25) is 0 Å². The Kier molecular flexibility index (Phi) is 7.33. The Morgan fingerprint density at radius 1 is 1.10 bits per heavy atom. The lowest BCUT2D eigenvalue weighted by Crippen LogP contribution is -2.37. The van der Waals surface area contributed by atoms with Crippen LogP contribution < -0.4 is 20.1 Å². The number of carbonyl (C=O) groups excluding carboxylic acids is 1. The van der Waals surface area contributed by atoms with Gasteiger partial charge in [0.2, 0.25) is 0 Å². The minimum atomic E-state index is -0.154. The molecule has 2 N–H and O–H groups in total. The largest absolute Gasteiger partial charge is 0.493 e. The molecule has 154 valence electrons. The van der Waals surface area contributed by atoms with Gasteiger partial charge in [0.25, 0.3) is 0 Å². The van der Waals surface area contributed by atoms with Crippen LogP contribution in [0.15, 0.2) is 48.8 Å². The van der Waals surface area contributed by atoms with Crippen LogP contribution in [0.2, 0.25) is 0 Å². The molecule has 29 heavy (non-hydrogen) atoms. The summed E-state index contributed by atoms with van der Waals surface area (Å²) < 4.78 is 12.9. The summed E-state index contributed by atoms with van der Waals surface area (Å²) in [7, 11) is 1.63. The first-order valence-electron chi connectivity index (χ1n) is 9.93. The van der Waals surface area contributed by atoms with Crippen molar-refractivity contribution in [1.29, 1.82) is 0 Å². The molecule has 2 aromatic heterocycles. The average Bonchev–Trinajstić information content (AvgIpc) is 3.14. The van der Waals surface area contributed by atoms with E-state index in [1.165, 1.54) is 0 Å². The van der Waals surface area contributed by atoms with Crippen molar-refractivity contribution in [3.05, 3.63) is 60.0 Å². The van der Waals surface area contributed by atoms with Crippen molar-refractivity contribution in [2.75, 3.05) is 26.8 Å². The van der Waals surface area contributed by atoms with Gasteiger partial charge in [-0.2, -0.15) is 0 Å². The number of nitrogens with zero attached hydrogens (tertiary/aromatic N) is 2. The smallest absolute Gasteiger partial charge is 0.314 e. The predicted molar refractivity (Wildman–Crippen MR) is 113 cm³/mol. The summed E-state index contributed by atoms with van der Waals surface area (Å²) in [4.78, 5) is 16.5. The minimum absolute atomic E-state index is 0.154. The number of methoxy groups -OCH3 is 1. The van der Waals surface area contributed by atoms with E-state index < -0.39 is 0 Å². The maximum absolute atomic E-state index is 12.0. The van der Waals surface area contributed by atoms with Crippen LogP contribution in [0.5, 0.6) is 11.5 Å². The van der Waals surface area contributed by atoms with Gasteiger partial charge in [0.1, 0.15) is 5.65 Å². The molecule has 0 aliphatic rings. The van der Waals surface area contributed by atoms with Crippen molar-refractivity contribution in [2.45, 2.75) is 26.2 Å². The van der Waals surface area contributed by atoms with E-state index in [4.69, 9.17) is 9.47 Å². The molecule has 0 saturated heterocycles. The van der Waals surface area contributed by atoms with Crippen LogP contribution >= 0.6 is 0 Å². The second kappa shape index (κ2) is 10.4. The quantitative estimate of drug-likeness (QED) is 0.516. The molecule has 0 radical (unpaired) electrons. The molecule has 3 rings (SSSR count). The Balaban J connectivity index is 1.35. The summed E-state index contributed by atoms with van der Waals surface area (Å²) in [6.45, 7) is 3.70. The van der Waals surface area contributed by atoms with Gasteiger partial charge in [0.05, 0.1) is 19.4 Å². The third kappa shape index (κ3) is 5.88. The van der Waals surface area contributed by atoms with Crippen LogP contribution in [0.25, 0.3) is 5.65 Å². The number of benzene rings is 1. The standard InChI is InChI=1S/C22H28N4O3/c1-3-29-20-15-17(9-10-19(20)28-2)7-6-12-23-22(27)24-13-11-18-16-26-14-5-4-8-21(26)25-18/h4-5,8-10,14-16H,3,6-7,11-13H2,1-2H3,(H2,23,24,27). The first kappa shape index (κ1) is 20.5. The number of ether oxygens (including phenoxy) is 2. The van der Waals surface area contributed by atoms with Gasteiger partial charge in [0, 0.05) is 31.9 Å². The number of urea groups is 1. The van der Waals surface area contributed by atoms with Gasteiger partial charge in [-0.1, -0.05) is 12.1 Å². The Hall–Kier alpha value is -3.22. The highest BCUT2D eigenvalue weighted by Crippen LogP contribution is 2.28. The number of pyridine rings is 1. The number of rotatable bonds is 10. The minimum Gasteiger partial charge on any atom is -0.493 e. The van der Waals surface area contributed by atoms with Gasteiger partial charge in [-0.25, -0.2) is 9.78 Å². The molecule has 0 aliphatic heterocycles. The molecule has 0 spiro atoms. The first-order chi connectivity index (χ1) is 14.2. The Bertz CT molecular complexity index is 906. The molecule has 0 atom stereocenters. The SMILES string of the molecule is CCOc1cc(CCCNC(=O)NCCc2cn3ccccc3n2)ccc1OC. The third-order valence-corrected chi connectivity index (χ3v) is 4.54. The molecule has 0 unspecified atom stereocenters.